The van der Waals surface area contributed by atoms with Gasteiger partial charge in [-0.05, 0) is 34.9 Å². The molecule has 2 rings (SSSR count). The average Bonchev–Trinajstić information content (AvgIpc) is 2.45. The quantitative estimate of drug-likeness (QED) is 0.829. The van der Waals surface area contributed by atoms with Crippen molar-refractivity contribution in [3.05, 3.63) is 53.6 Å². The molecule has 0 saturated heterocycles. The summed E-state index contributed by atoms with van der Waals surface area (Å²) in [6, 6.07) is 8.67. The monoisotopic (exact) mass is 318 g/mol. The first-order chi connectivity index (χ1) is 10.3. The van der Waals surface area contributed by atoms with Gasteiger partial charge in [0.1, 0.15) is 5.75 Å². The van der Waals surface area contributed by atoms with Crippen molar-refractivity contribution in [2.75, 3.05) is 0 Å². The summed E-state index contributed by atoms with van der Waals surface area (Å²) in [6.07, 6.45) is -7.58. The molecule has 0 spiro atoms. The Kier molecular flexibility index (Phi) is 4.65. The van der Waals surface area contributed by atoms with Gasteiger partial charge in [0.25, 0.3) is 6.43 Å². The van der Waals surface area contributed by atoms with E-state index in [0.717, 1.165) is 12.1 Å². The van der Waals surface area contributed by atoms with Gasteiger partial charge in [-0.15, -0.1) is 13.2 Å². The lowest BCUT2D eigenvalue weighted by Crippen LogP contribution is -2.16. The number of hydrogen-bond acceptors (Lipinski definition) is 2. The molecule has 2 aromatic rings. The summed E-state index contributed by atoms with van der Waals surface area (Å²) in [4.78, 5) is 0. The van der Waals surface area contributed by atoms with Crippen molar-refractivity contribution in [3.8, 4) is 16.9 Å². The predicted molar refractivity (Wildman–Crippen MR) is 69.4 cm³/mol. The highest BCUT2D eigenvalue weighted by Gasteiger charge is 2.31. The molecule has 0 aliphatic rings. The first kappa shape index (κ1) is 16.2. The van der Waals surface area contributed by atoms with Crippen LogP contribution in [0.4, 0.5) is 22.0 Å². The third-order valence-electron chi connectivity index (χ3n) is 2.93. The summed E-state index contributed by atoms with van der Waals surface area (Å²) in [6.45, 7) is -0.377. The third-order valence-corrected chi connectivity index (χ3v) is 2.93. The van der Waals surface area contributed by atoms with Crippen LogP contribution in [0.5, 0.6) is 5.75 Å². The fraction of sp³-hybridized carbons (Fsp3) is 0.200. The second-order valence-corrected chi connectivity index (χ2v) is 4.45. The zero-order valence-corrected chi connectivity index (χ0v) is 11.1. The molecule has 0 unspecified atom stereocenters. The lowest BCUT2D eigenvalue weighted by Gasteiger charge is -2.12. The van der Waals surface area contributed by atoms with Gasteiger partial charge in [0.15, 0.2) is 0 Å². The molecular weight excluding hydrogens is 307 g/mol. The summed E-state index contributed by atoms with van der Waals surface area (Å²) in [5.74, 6) is -0.429. The van der Waals surface area contributed by atoms with Crippen molar-refractivity contribution < 1.29 is 31.8 Å². The fourth-order valence-electron chi connectivity index (χ4n) is 1.99. The van der Waals surface area contributed by atoms with Crippen molar-refractivity contribution in [2.24, 2.45) is 0 Å². The summed E-state index contributed by atoms with van der Waals surface area (Å²) < 4.78 is 66.1. The standard InChI is InChI=1S/C15H11F5O2/c16-14(17)13-7-9(8-21)1-6-12(13)10-2-4-11(5-3-10)22-15(18,19)20/h1-7,14,21H,8H2. The van der Waals surface area contributed by atoms with Crippen LogP contribution in [-0.2, 0) is 6.61 Å². The Morgan fingerprint density at radius 2 is 1.64 bits per heavy atom. The lowest BCUT2D eigenvalue weighted by molar-refractivity contribution is -0.274. The van der Waals surface area contributed by atoms with E-state index in [1.54, 1.807) is 0 Å². The molecule has 0 bridgehead atoms. The highest BCUT2D eigenvalue weighted by atomic mass is 19.4. The molecule has 0 fully saturated rings. The van der Waals surface area contributed by atoms with Crippen molar-refractivity contribution in [2.45, 2.75) is 19.4 Å². The number of hydrogen-bond donors (Lipinski definition) is 1. The highest BCUT2D eigenvalue weighted by molar-refractivity contribution is 5.68. The molecule has 0 atom stereocenters. The van der Waals surface area contributed by atoms with E-state index < -0.39 is 18.5 Å². The van der Waals surface area contributed by atoms with Crippen LogP contribution >= 0.6 is 0 Å². The molecule has 22 heavy (non-hydrogen) atoms. The minimum absolute atomic E-state index is 0.186. The Labute approximate surface area is 122 Å². The van der Waals surface area contributed by atoms with E-state index in [9.17, 15) is 22.0 Å². The van der Waals surface area contributed by atoms with Crippen molar-refractivity contribution in [1.29, 1.82) is 0 Å². The van der Waals surface area contributed by atoms with E-state index in [2.05, 4.69) is 4.74 Å². The molecule has 0 aliphatic heterocycles. The van der Waals surface area contributed by atoms with E-state index in [1.807, 2.05) is 0 Å². The number of halogens is 5. The van der Waals surface area contributed by atoms with Crippen LogP contribution in [0, 0.1) is 0 Å². The van der Waals surface area contributed by atoms with Gasteiger partial charge in [-0.3, -0.25) is 0 Å². The smallest absolute Gasteiger partial charge is 0.406 e. The fourth-order valence-corrected chi connectivity index (χ4v) is 1.99. The largest absolute Gasteiger partial charge is 0.573 e. The Hall–Kier alpha value is -2.15. The Bertz CT molecular complexity index is 635. The second kappa shape index (κ2) is 6.31. The maximum Gasteiger partial charge on any atom is 0.573 e. The molecule has 0 saturated carbocycles. The maximum atomic E-state index is 13.1. The van der Waals surface area contributed by atoms with Gasteiger partial charge in [-0.1, -0.05) is 24.3 Å². The number of alkyl halides is 5. The number of ether oxygens (including phenoxy) is 1. The number of rotatable bonds is 4. The number of aliphatic hydroxyl groups excluding tert-OH is 1. The molecule has 0 heterocycles. The molecule has 1 N–H and O–H groups in total. The average molecular weight is 318 g/mol. The maximum absolute atomic E-state index is 13.1. The van der Waals surface area contributed by atoms with E-state index in [-0.39, 0.29) is 17.7 Å². The third kappa shape index (κ3) is 3.94. The zero-order chi connectivity index (χ0) is 16.3. The van der Waals surface area contributed by atoms with Gasteiger partial charge in [0.2, 0.25) is 0 Å². The van der Waals surface area contributed by atoms with Crippen LogP contribution in [0.1, 0.15) is 17.6 Å². The Morgan fingerprint density at radius 1 is 1.00 bits per heavy atom. The highest BCUT2D eigenvalue weighted by Crippen LogP contribution is 2.33. The molecule has 0 radical (unpaired) electrons. The van der Waals surface area contributed by atoms with Crippen molar-refractivity contribution in [1.82, 2.24) is 0 Å². The molecule has 2 nitrogen and oxygen atoms in total. The molecule has 2 aromatic carbocycles. The summed E-state index contributed by atoms with van der Waals surface area (Å²) in [7, 11) is 0. The number of aliphatic hydroxyl groups is 1. The lowest BCUT2D eigenvalue weighted by atomic mass is 9.98. The molecule has 118 valence electrons. The van der Waals surface area contributed by atoms with E-state index in [1.165, 1.54) is 30.3 Å². The molecule has 0 amide bonds. The first-order valence-corrected chi connectivity index (χ1v) is 6.18. The Balaban J connectivity index is 2.36. The van der Waals surface area contributed by atoms with Gasteiger partial charge < -0.3 is 9.84 Å². The molecule has 0 aliphatic carbocycles. The zero-order valence-electron chi connectivity index (χ0n) is 11.1. The topological polar surface area (TPSA) is 29.5 Å². The Morgan fingerprint density at radius 3 is 2.14 bits per heavy atom. The minimum Gasteiger partial charge on any atom is -0.406 e. The van der Waals surface area contributed by atoms with Crippen molar-refractivity contribution >= 4 is 0 Å². The summed E-state index contributed by atoms with van der Waals surface area (Å²) >= 11 is 0. The van der Waals surface area contributed by atoms with Crippen molar-refractivity contribution in [3.63, 3.8) is 0 Å². The first-order valence-electron chi connectivity index (χ1n) is 6.18. The molecule has 7 heteroatoms. The number of benzene rings is 2. The van der Waals surface area contributed by atoms with Gasteiger partial charge >= 0.3 is 6.36 Å². The van der Waals surface area contributed by atoms with Crippen LogP contribution in [-0.4, -0.2) is 11.5 Å². The van der Waals surface area contributed by atoms with Crippen LogP contribution in [0.3, 0.4) is 0 Å². The molecular formula is C15H11F5O2. The van der Waals surface area contributed by atoms with E-state index in [4.69, 9.17) is 5.11 Å². The van der Waals surface area contributed by atoms with Gasteiger partial charge in [0.05, 0.1) is 6.61 Å². The van der Waals surface area contributed by atoms with Crippen LogP contribution < -0.4 is 4.74 Å². The molecule has 0 aromatic heterocycles. The normalized spacial score (nSPS) is 11.8. The van der Waals surface area contributed by atoms with Crippen LogP contribution in [0.2, 0.25) is 0 Å². The van der Waals surface area contributed by atoms with E-state index >= 15 is 0 Å². The van der Waals surface area contributed by atoms with Gasteiger partial charge in [-0.2, -0.15) is 0 Å². The second-order valence-electron chi connectivity index (χ2n) is 4.45. The minimum atomic E-state index is -4.81. The predicted octanol–water partition coefficient (Wildman–Crippen LogP) is 4.68. The summed E-state index contributed by atoms with van der Waals surface area (Å²) in [5.41, 5.74) is 0.548. The van der Waals surface area contributed by atoms with E-state index in [0.29, 0.717) is 11.1 Å². The van der Waals surface area contributed by atoms with Gasteiger partial charge in [0, 0.05) is 5.56 Å². The van der Waals surface area contributed by atoms with Crippen LogP contribution in [0.25, 0.3) is 11.1 Å². The van der Waals surface area contributed by atoms with Crippen LogP contribution in [0.15, 0.2) is 42.5 Å². The van der Waals surface area contributed by atoms with Gasteiger partial charge in [-0.25, -0.2) is 8.78 Å². The summed E-state index contributed by atoms with van der Waals surface area (Å²) in [5, 5.41) is 8.98. The SMILES string of the molecule is OCc1ccc(-c2ccc(OC(F)(F)F)cc2)c(C(F)F)c1.